The molecule has 3 aromatic carbocycles. The number of nitrogens with zero attached hydrogens (tertiary/aromatic N) is 2. The van der Waals surface area contributed by atoms with Gasteiger partial charge in [-0.05, 0) is 54.1 Å². The van der Waals surface area contributed by atoms with Crippen molar-refractivity contribution in [3.05, 3.63) is 101 Å². The van der Waals surface area contributed by atoms with Crippen molar-refractivity contribution in [2.75, 3.05) is 12.1 Å². The number of nitrogens with one attached hydrogen (secondary N) is 1. The maximum atomic E-state index is 13.1. The van der Waals surface area contributed by atoms with Gasteiger partial charge >= 0.3 is 5.97 Å². The monoisotopic (exact) mass is 433 g/mol. The molecule has 1 heterocycles. The van der Waals surface area contributed by atoms with E-state index in [-0.39, 0.29) is 11.5 Å². The minimum absolute atomic E-state index is 0.188. The zero-order valence-corrected chi connectivity index (χ0v) is 17.5. The molecule has 0 aliphatic heterocycles. The zero-order valence-electron chi connectivity index (χ0n) is 16.7. The number of amides is 1. The first kappa shape index (κ1) is 20.5. The Kier molecular flexibility index (Phi) is 5.64. The number of hydrogen-bond acceptors (Lipinski definition) is 3. The van der Waals surface area contributed by atoms with Crippen molar-refractivity contribution in [3.8, 4) is 0 Å². The van der Waals surface area contributed by atoms with Crippen LogP contribution in [0.2, 0.25) is 5.02 Å². The zero-order chi connectivity index (χ0) is 22.0. The Balaban J connectivity index is 1.59. The van der Waals surface area contributed by atoms with Gasteiger partial charge in [-0.25, -0.2) is 4.79 Å². The first-order chi connectivity index (χ1) is 14.9. The molecule has 1 aromatic heterocycles. The van der Waals surface area contributed by atoms with Crippen molar-refractivity contribution >= 4 is 40.1 Å². The van der Waals surface area contributed by atoms with Gasteiger partial charge in [0, 0.05) is 30.2 Å². The summed E-state index contributed by atoms with van der Waals surface area (Å²) in [5, 5.41) is 12.3. The average molecular weight is 434 g/mol. The van der Waals surface area contributed by atoms with Gasteiger partial charge in [0.25, 0.3) is 5.91 Å². The predicted octanol–water partition coefficient (Wildman–Crippen LogP) is 4.82. The van der Waals surface area contributed by atoms with Gasteiger partial charge in [0.15, 0.2) is 0 Å². The number of hydrazine groups is 1. The van der Waals surface area contributed by atoms with Crippen LogP contribution in [0, 0.1) is 0 Å². The molecule has 0 bridgehead atoms. The number of carbonyl (C=O) groups excluding carboxylic acids is 1. The lowest BCUT2D eigenvalue weighted by Crippen LogP contribution is -2.39. The summed E-state index contributed by atoms with van der Waals surface area (Å²) in [5.74, 6) is -1.25. The molecule has 0 fully saturated rings. The molecule has 1 amide bonds. The van der Waals surface area contributed by atoms with E-state index in [0.29, 0.717) is 22.8 Å². The Labute approximate surface area is 184 Å². The summed E-state index contributed by atoms with van der Waals surface area (Å²) < 4.78 is 2.04. The molecule has 0 unspecified atom stereocenters. The molecule has 4 aromatic rings. The molecule has 0 saturated heterocycles. The molecule has 0 aliphatic rings. The summed E-state index contributed by atoms with van der Waals surface area (Å²) >= 11 is 5.98. The van der Waals surface area contributed by atoms with E-state index in [0.717, 1.165) is 16.5 Å². The first-order valence-electron chi connectivity index (χ1n) is 9.63. The normalized spacial score (nSPS) is 10.8. The second-order valence-electron chi connectivity index (χ2n) is 7.17. The van der Waals surface area contributed by atoms with E-state index in [9.17, 15) is 9.59 Å². The van der Waals surface area contributed by atoms with E-state index in [4.69, 9.17) is 16.7 Å². The Morgan fingerprint density at radius 3 is 2.39 bits per heavy atom. The highest BCUT2D eigenvalue weighted by molar-refractivity contribution is 6.30. The number of para-hydroxylation sites is 1. The number of aromatic carboxylic acids is 1. The smallest absolute Gasteiger partial charge is 0.335 e. The van der Waals surface area contributed by atoms with E-state index in [1.54, 1.807) is 30.3 Å². The first-order valence-corrected chi connectivity index (χ1v) is 10.0. The van der Waals surface area contributed by atoms with Gasteiger partial charge in [0.05, 0.1) is 22.3 Å². The molecule has 0 spiro atoms. The van der Waals surface area contributed by atoms with Crippen LogP contribution in [-0.4, -0.2) is 28.6 Å². The van der Waals surface area contributed by atoms with E-state index in [2.05, 4.69) is 5.43 Å². The quantitative estimate of drug-likeness (QED) is 0.427. The number of benzene rings is 3. The molecule has 4 rings (SSSR count). The van der Waals surface area contributed by atoms with Crippen molar-refractivity contribution in [2.45, 2.75) is 6.54 Å². The van der Waals surface area contributed by atoms with Crippen molar-refractivity contribution in [2.24, 2.45) is 0 Å². The van der Waals surface area contributed by atoms with E-state index >= 15 is 0 Å². The van der Waals surface area contributed by atoms with Gasteiger partial charge < -0.3 is 9.67 Å². The maximum absolute atomic E-state index is 13.1. The van der Waals surface area contributed by atoms with Crippen LogP contribution in [0.1, 0.15) is 26.3 Å². The lowest BCUT2D eigenvalue weighted by atomic mass is 10.1. The van der Waals surface area contributed by atoms with E-state index in [1.165, 1.54) is 12.1 Å². The third-order valence-electron chi connectivity index (χ3n) is 5.07. The third kappa shape index (κ3) is 4.39. The van der Waals surface area contributed by atoms with Crippen molar-refractivity contribution < 1.29 is 14.7 Å². The second-order valence-corrected chi connectivity index (χ2v) is 7.60. The Morgan fingerprint density at radius 1 is 1.00 bits per heavy atom. The molecule has 0 atom stereocenters. The summed E-state index contributed by atoms with van der Waals surface area (Å²) in [4.78, 5) is 24.1. The average Bonchev–Trinajstić information content (AvgIpc) is 3.18. The summed E-state index contributed by atoms with van der Waals surface area (Å²) in [7, 11) is 1.71. The maximum Gasteiger partial charge on any atom is 0.335 e. The lowest BCUT2D eigenvalue weighted by molar-refractivity contribution is 0.0696. The Bertz CT molecular complexity index is 1250. The van der Waals surface area contributed by atoms with Crippen LogP contribution >= 0.6 is 11.6 Å². The van der Waals surface area contributed by atoms with Gasteiger partial charge in [0.1, 0.15) is 0 Å². The summed E-state index contributed by atoms with van der Waals surface area (Å²) in [6, 6.07) is 21.5. The SMILES string of the molecule is CN(NC(=O)c1cccc2ccn(Cc3ccc(Cl)cc3)c12)c1ccc(C(=O)O)cc1. The number of rotatable bonds is 6. The van der Waals surface area contributed by atoms with Crippen LogP contribution in [0.3, 0.4) is 0 Å². The number of hydrogen-bond donors (Lipinski definition) is 2. The fourth-order valence-electron chi connectivity index (χ4n) is 3.47. The molecular formula is C24H20ClN3O3. The molecule has 31 heavy (non-hydrogen) atoms. The van der Waals surface area contributed by atoms with E-state index in [1.807, 2.05) is 53.2 Å². The van der Waals surface area contributed by atoms with Crippen molar-refractivity contribution in [3.63, 3.8) is 0 Å². The van der Waals surface area contributed by atoms with Crippen LogP contribution in [-0.2, 0) is 6.54 Å². The van der Waals surface area contributed by atoms with Crippen LogP contribution < -0.4 is 10.4 Å². The van der Waals surface area contributed by atoms with Crippen molar-refractivity contribution in [1.29, 1.82) is 0 Å². The fourth-order valence-corrected chi connectivity index (χ4v) is 3.59. The van der Waals surface area contributed by atoms with Gasteiger partial charge in [0.2, 0.25) is 0 Å². The molecule has 7 heteroatoms. The van der Waals surface area contributed by atoms with Crippen molar-refractivity contribution in [1.82, 2.24) is 9.99 Å². The number of halogens is 1. The number of fused-ring (bicyclic) bond motifs is 1. The molecule has 6 nitrogen and oxygen atoms in total. The molecule has 0 saturated carbocycles. The lowest BCUT2D eigenvalue weighted by Gasteiger charge is -2.21. The van der Waals surface area contributed by atoms with Crippen LogP contribution in [0.15, 0.2) is 79.0 Å². The molecule has 156 valence electrons. The van der Waals surface area contributed by atoms with Crippen LogP contribution in [0.4, 0.5) is 5.69 Å². The topological polar surface area (TPSA) is 74.6 Å². The summed E-state index contributed by atoms with van der Waals surface area (Å²) in [6.07, 6.45) is 1.96. The summed E-state index contributed by atoms with van der Waals surface area (Å²) in [5.41, 5.74) is 6.18. The molecule has 0 radical (unpaired) electrons. The van der Waals surface area contributed by atoms with Gasteiger partial charge in [-0.1, -0.05) is 35.9 Å². The second kappa shape index (κ2) is 8.53. The highest BCUT2D eigenvalue weighted by Crippen LogP contribution is 2.23. The van der Waals surface area contributed by atoms with E-state index < -0.39 is 5.97 Å². The number of aromatic nitrogens is 1. The Morgan fingerprint density at radius 2 is 1.71 bits per heavy atom. The number of anilines is 1. The third-order valence-corrected chi connectivity index (χ3v) is 5.32. The standard InChI is InChI=1S/C24H20ClN3O3/c1-27(20-11-7-18(8-12-20)24(30)31)26-23(29)21-4-2-3-17-13-14-28(22(17)21)15-16-5-9-19(25)10-6-16/h2-14H,15H2,1H3,(H,26,29)(H,30,31). The fraction of sp³-hybridized carbons (Fsp3) is 0.0833. The number of carboxylic acid groups (broad SMARTS) is 1. The largest absolute Gasteiger partial charge is 0.478 e. The minimum atomic E-state index is -0.994. The van der Waals surface area contributed by atoms with Crippen LogP contribution in [0.25, 0.3) is 10.9 Å². The number of carboxylic acids is 1. The van der Waals surface area contributed by atoms with Gasteiger partial charge in [-0.15, -0.1) is 0 Å². The molecule has 2 N–H and O–H groups in total. The predicted molar refractivity (Wildman–Crippen MR) is 122 cm³/mol. The molecule has 0 aliphatic carbocycles. The Hall–Kier alpha value is -3.77. The highest BCUT2D eigenvalue weighted by atomic mass is 35.5. The summed E-state index contributed by atoms with van der Waals surface area (Å²) in [6.45, 7) is 0.609. The molecular weight excluding hydrogens is 414 g/mol. The minimum Gasteiger partial charge on any atom is -0.478 e. The van der Waals surface area contributed by atoms with Gasteiger partial charge in [-0.3, -0.25) is 15.2 Å². The highest BCUT2D eigenvalue weighted by Gasteiger charge is 2.16. The van der Waals surface area contributed by atoms with Gasteiger partial charge in [-0.2, -0.15) is 0 Å². The van der Waals surface area contributed by atoms with Crippen LogP contribution in [0.5, 0.6) is 0 Å². The number of carbonyl (C=O) groups is 2.